The Bertz CT molecular complexity index is 232. The zero-order chi connectivity index (χ0) is 8.97. The second-order valence-electron chi connectivity index (χ2n) is 3.13. The van der Waals surface area contributed by atoms with E-state index in [1.807, 2.05) is 19.3 Å². The minimum absolute atomic E-state index is 0.232. The van der Waals surface area contributed by atoms with Crippen LogP contribution in [0.4, 0.5) is 0 Å². The summed E-state index contributed by atoms with van der Waals surface area (Å²) < 4.78 is 1.76. The summed E-state index contributed by atoms with van der Waals surface area (Å²) in [5.41, 5.74) is 0.971. The summed E-state index contributed by atoms with van der Waals surface area (Å²) in [5, 5.41) is 13.7. The number of nitrogens with zero attached hydrogens (tertiary/aromatic N) is 2. The van der Waals surface area contributed by atoms with E-state index >= 15 is 0 Å². The number of aliphatic hydroxyl groups excluding tert-OH is 1. The minimum atomic E-state index is -0.232. The normalized spacial score (nSPS) is 13.2. The van der Waals surface area contributed by atoms with E-state index in [1.54, 1.807) is 4.68 Å². The van der Waals surface area contributed by atoms with Crippen LogP contribution >= 0.6 is 0 Å². The molecule has 0 spiro atoms. The van der Waals surface area contributed by atoms with E-state index in [9.17, 15) is 5.11 Å². The van der Waals surface area contributed by atoms with Crippen molar-refractivity contribution in [2.45, 2.75) is 32.3 Å². The van der Waals surface area contributed by atoms with Gasteiger partial charge < -0.3 is 5.11 Å². The standard InChI is InChI=1S/C9H16N2O/c1-3-4-9(12)7-8-5-6-11(2)10-8/h5-6,9,12H,3-4,7H2,1-2H3. The highest BCUT2D eigenvalue weighted by molar-refractivity contribution is 4.99. The molecule has 0 saturated carbocycles. The van der Waals surface area contributed by atoms with Crippen LogP contribution in [-0.2, 0) is 13.5 Å². The molecule has 68 valence electrons. The minimum Gasteiger partial charge on any atom is -0.393 e. The first-order valence-corrected chi connectivity index (χ1v) is 4.39. The number of aromatic nitrogens is 2. The summed E-state index contributed by atoms with van der Waals surface area (Å²) in [5.74, 6) is 0. The lowest BCUT2D eigenvalue weighted by Crippen LogP contribution is -2.10. The van der Waals surface area contributed by atoms with Crippen molar-refractivity contribution in [2.24, 2.45) is 7.05 Å². The lowest BCUT2D eigenvalue weighted by molar-refractivity contribution is 0.162. The number of aryl methyl sites for hydroxylation is 1. The molecule has 0 aromatic carbocycles. The van der Waals surface area contributed by atoms with E-state index in [-0.39, 0.29) is 6.10 Å². The second kappa shape index (κ2) is 4.26. The van der Waals surface area contributed by atoms with Crippen LogP contribution in [0.25, 0.3) is 0 Å². The number of hydrogen-bond donors (Lipinski definition) is 1. The van der Waals surface area contributed by atoms with E-state index in [4.69, 9.17) is 0 Å². The average molecular weight is 168 g/mol. The van der Waals surface area contributed by atoms with Crippen LogP contribution in [0.1, 0.15) is 25.5 Å². The average Bonchev–Trinajstić information content (AvgIpc) is 2.36. The fourth-order valence-corrected chi connectivity index (χ4v) is 1.25. The Hall–Kier alpha value is -0.830. The third-order valence-electron chi connectivity index (χ3n) is 1.84. The van der Waals surface area contributed by atoms with Gasteiger partial charge in [0.25, 0.3) is 0 Å². The molecule has 1 unspecified atom stereocenters. The Kier molecular flexibility index (Phi) is 3.29. The molecule has 0 fully saturated rings. The predicted molar refractivity (Wildman–Crippen MR) is 47.8 cm³/mol. The fourth-order valence-electron chi connectivity index (χ4n) is 1.25. The quantitative estimate of drug-likeness (QED) is 0.731. The van der Waals surface area contributed by atoms with Crippen molar-refractivity contribution in [3.8, 4) is 0 Å². The van der Waals surface area contributed by atoms with E-state index in [0.717, 1.165) is 18.5 Å². The molecule has 0 amide bonds. The Morgan fingerprint density at radius 3 is 2.92 bits per heavy atom. The van der Waals surface area contributed by atoms with Crippen LogP contribution in [0.5, 0.6) is 0 Å². The molecular formula is C9H16N2O. The number of hydrogen-bond acceptors (Lipinski definition) is 2. The topological polar surface area (TPSA) is 38.0 Å². The zero-order valence-electron chi connectivity index (χ0n) is 7.70. The van der Waals surface area contributed by atoms with Gasteiger partial charge in [0, 0.05) is 19.7 Å². The molecular weight excluding hydrogens is 152 g/mol. The third kappa shape index (κ3) is 2.66. The van der Waals surface area contributed by atoms with Crippen molar-refractivity contribution >= 4 is 0 Å². The summed E-state index contributed by atoms with van der Waals surface area (Å²) in [7, 11) is 1.88. The summed E-state index contributed by atoms with van der Waals surface area (Å²) in [6, 6.07) is 1.94. The number of rotatable bonds is 4. The molecule has 1 atom stereocenters. The summed E-state index contributed by atoms with van der Waals surface area (Å²) in [6.07, 6.45) is 4.22. The van der Waals surface area contributed by atoms with Crippen molar-refractivity contribution in [1.29, 1.82) is 0 Å². The summed E-state index contributed by atoms with van der Waals surface area (Å²) in [4.78, 5) is 0. The highest BCUT2D eigenvalue weighted by Crippen LogP contribution is 2.04. The lowest BCUT2D eigenvalue weighted by Gasteiger charge is -2.05. The Balaban J connectivity index is 2.41. The van der Waals surface area contributed by atoms with Crippen molar-refractivity contribution in [3.05, 3.63) is 18.0 Å². The van der Waals surface area contributed by atoms with Crippen LogP contribution in [0.3, 0.4) is 0 Å². The highest BCUT2D eigenvalue weighted by Gasteiger charge is 2.05. The van der Waals surface area contributed by atoms with Gasteiger partial charge in [-0.25, -0.2) is 0 Å². The van der Waals surface area contributed by atoms with E-state index in [1.165, 1.54) is 0 Å². The second-order valence-corrected chi connectivity index (χ2v) is 3.13. The van der Waals surface area contributed by atoms with Gasteiger partial charge in [0.2, 0.25) is 0 Å². The maximum absolute atomic E-state index is 9.46. The Morgan fingerprint density at radius 1 is 1.67 bits per heavy atom. The van der Waals surface area contributed by atoms with Crippen LogP contribution in [0, 0.1) is 0 Å². The molecule has 12 heavy (non-hydrogen) atoms. The van der Waals surface area contributed by atoms with Crippen LogP contribution in [0.15, 0.2) is 12.3 Å². The molecule has 0 aliphatic carbocycles. The molecule has 0 aliphatic rings. The molecule has 0 radical (unpaired) electrons. The molecule has 1 N–H and O–H groups in total. The SMILES string of the molecule is CCCC(O)Cc1ccn(C)n1. The van der Waals surface area contributed by atoms with Gasteiger partial charge in [0.05, 0.1) is 11.8 Å². The zero-order valence-corrected chi connectivity index (χ0v) is 7.70. The van der Waals surface area contributed by atoms with Crippen LogP contribution in [0.2, 0.25) is 0 Å². The van der Waals surface area contributed by atoms with Gasteiger partial charge in [0.15, 0.2) is 0 Å². The van der Waals surface area contributed by atoms with Crippen molar-refractivity contribution in [2.75, 3.05) is 0 Å². The van der Waals surface area contributed by atoms with Gasteiger partial charge >= 0.3 is 0 Å². The van der Waals surface area contributed by atoms with E-state index in [2.05, 4.69) is 12.0 Å². The fraction of sp³-hybridized carbons (Fsp3) is 0.667. The maximum Gasteiger partial charge on any atom is 0.0650 e. The molecule has 1 aromatic heterocycles. The molecule has 0 saturated heterocycles. The first-order chi connectivity index (χ1) is 5.72. The van der Waals surface area contributed by atoms with Gasteiger partial charge in [-0.2, -0.15) is 5.10 Å². The molecule has 1 aromatic rings. The van der Waals surface area contributed by atoms with Gasteiger partial charge in [-0.1, -0.05) is 13.3 Å². The van der Waals surface area contributed by atoms with Gasteiger partial charge in [-0.3, -0.25) is 4.68 Å². The monoisotopic (exact) mass is 168 g/mol. The first-order valence-electron chi connectivity index (χ1n) is 4.39. The molecule has 3 nitrogen and oxygen atoms in total. The summed E-state index contributed by atoms with van der Waals surface area (Å²) >= 11 is 0. The predicted octanol–water partition coefficient (Wildman–Crippen LogP) is 1.12. The number of aliphatic hydroxyl groups is 1. The Labute approximate surface area is 73.0 Å². The Morgan fingerprint density at radius 2 is 2.42 bits per heavy atom. The van der Waals surface area contributed by atoms with Crippen LogP contribution < -0.4 is 0 Å². The highest BCUT2D eigenvalue weighted by atomic mass is 16.3. The first kappa shape index (κ1) is 9.26. The maximum atomic E-state index is 9.46. The molecule has 1 heterocycles. The molecule has 1 rings (SSSR count). The smallest absolute Gasteiger partial charge is 0.0650 e. The summed E-state index contributed by atoms with van der Waals surface area (Å²) in [6.45, 7) is 2.07. The molecule has 0 aliphatic heterocycles. The lowest BCUT2D eigenvalue weighted by atomic mass is 10.1. The van der Waals surface area contributed by atoms with Crippen LogP contribution in [-0.4, -0.2) is 21.0 Å². The van der Waals surface area contributed by atoms with E-state index < -0.39 is 0 Å². The van der Waals surface area contributed by atoms with Crippen molar-refractivity contribution in [1.82, 2.24) is 9.78 Å². The molecule has 3 heteroatoms. The van der Waals surface area contributed by atoms with Gasteiger partial charge in [-0.15, -0.1) is 0 Å². The van der Waals surface area contributed by atoms with Crippen molar-refractivity contribution < 1.29 is 5.11 Å². The van der Waals surface area contributed by atoms with Crippen molar-refractivity contribution in [3.63, 3.8) is 0 Å². The van der Waals surface area contributed by atoms with Gasteiger partial charge in [-0.05, 0) is 12.5 Å². The van der Waals surface area contributed by atoms with E-state index in [0.29, 0.717) is 6.42 Å². The third-order valence-corrected chi connectivity index (χ3v) is 1.84. The van der Waals surface area contributed by atoms with Gasteiger partial charge in [0.1, 0.15) is 0 Å². The largest absolute Gasteiger partial charge is 0.393 e. The molecule has 0 bridgehead atoms.